The van der Waals surface area contributed by atoms with E-state index in [0.29, 0.717) is 25.2 Å². The molecule has 2 unspecified atom stereocenters. The maximum absolute atomic E-state index is 11.7. The molecule has 0 aromatic heterocycles. The van der Waals surface area contributed by atoms with Crippen LogP contribution in [0.4, 0.5) is 4.79 Å². The largest absolute Gasteiger partial charge is 0.447 e. The molecule has 1 N–H and O–H groups in total. The zero-order valence-electron chi connectivity index (χ0n) is 11.3. The van der Waals surface area contributed by atoms with E-state index in [0.717, 1.165) is 13.0 Å². The standard InChI is InChI=1S/C13H24N2O3/c1-10(2)14-6-4-3-5-11(14)7-15-12(8-16)9-18-13(15)17/h10-12,16H,3-9H2,1-2H3. The molecule has 2 aliphatic rings. The Hall–Kier alpha value is -0.810. The fourth-order valence-electron chi connectivity index (χ4n) is 2.99. The average Bonchev–Trinajstić information content (AvgIpc) is 2.71. The summed E-state index contributed by atoms with van der Waals surface area (Å²) in [5.41, 5.74) is 0. The van der Waals surface area contributed by atoms with Gasteiger partial charge in [0.1, 0.15) is 6.61 Å². The molecule has 2 atom stereocenters. The molecule has 0 spiro atoms. The molecule has 0 radical (unpaired) electrons. The van der Waals surface area contributed by atoms with Gasteiger partial charge in [-0.2, -0.15) is 0 Å². The molecule has 2 rings (SSSR count). The number of carbonyl (C=O) groups excluding carboxylic acids is 1. The van der Waals surface area contributed by atoms with Crippen molar-refractivity contribution in [2.24, 2.45) is 0 Å². The molecule has 2 aliphatic heterocycles. The fourth-order valence-corrected chi connectivity index (χ4v) is 2.99. The molecule has 0 bridgehead atoms. The number of aliphatic hydroxyl groups excluding tert-OH is 1. The summed E-state index contributed by atoms with van der Waals surface area (Å²) in [6.07, 6.45) is 3.31. The molecule has 2 saturated heterocycles. The summed E-state index contributed by atoms with van der Waals surface area (Å²) in [6.45, 7) is 6.50. The van der Waals surface area contributed by atoms with Crippen LogP contribution in [0, 0.1) is 0 Å². The Morgan fingerprint density at radius 3 is 2.83 bits per heavy atom. The van der Waals surface area contributed by atoms with Gasteiger partial charge in [-0.05, 0) is 33.2 Å². The third kappa shape index (κ3) is 2.78. The highest BCUT2D eigenvalue weighted by molar-refractivity contribution is 5.70. The van der Waals surface area contributed by atoms with Gasteiger partial charge >= 0.3 is 6.09 Å². The number of piperidine rings is 1. The van der Waals surface area contributed by atoms with Crippen molar-refractivity contribution in [2.75, 3.05) is 26.3 Å². The number of rotatable bonds is 4. The number of cyclic esters (lactones) is 1. The predicted molar refractivity (Wildman–Crippen MR) is 68.4 cm³/mol. The molecule has 0 aromatic carbocycles. The number of aliphatic hydroxyl groups is 1. The number of hydrogen-bond donors (Lipinski definition) is 1. The normalized spacial score (nSPS) is 30.0. The third-order valence-corrected chi connectivity index (χ3v) is 4.03. The van der Waals surface area contributed by atoms with Crippen LogP contribution in [-0.2, 0) is 4.74 Å². The summed E-state index contributed by atoms with van der Waals surface area (Å²) >= 11 is 0. The Balaban J connectivity index is 1.99. The van der Waals surface area contributed by atoms with E-state index in [2.05, 4.69) is 18.7 Å². The number of hydrogen-bond acceptors (Lipinski definition) is 4. The van der Waals surface area contributed by atoms with E-state index in [9.17, 15) is 9.90 Å². The van der Waals surface area contributed by atoms with E-state index in [-0.39, 0.29) is 18.7 Å². The van der Waals surface area contributed by atoms with Crippen molar-refractivity contribution < 1.29 is 14.6 Å². The molecule has 5 heteroatoms. The third-order valence-electron chi connectivity index (χ3n) is 4.03. The molecule has 5 nitrogen and oxygen atoms in total. The number of carbonyl (C=O) groups is 1. The van der Waals surface area contributed by atoms with Crippen LogP contribution in [0.3, 0.4) is 0 Å². The van der Waals surface area contributed by atoms with Gasteiger partial charge in [0, 0.05) is 18.6 Å². The molecule has 104 valence electrons. The minimum absolute atomic E-state index is 0.0138. The summed E-state index contributed by atoms with van der Waals surface area (Å²) in [6, 6.07) is 0.744. The first-order valence-electron chi connectivity index (χ1n) is 6.93. The van der Waals surface area contributed by atoms with Gasteiger partial charge < -0.3 is 9.84 Å². The van der Waals surface area contributed by atoms with Crippen LogP contribution >= 0.6 is 0 Å². The Kier molecular flexibility index (Phi) is 4.45. The van der Waals surface area contributed by atoms with Crippen LogP contribution in [0.15, 0.2) is 0 Å². The van der Waals surface area contributed by atoms with Crippen molar-refractivity contribution in [3.8, 4) is 0 Å². The number of likely N-dealkylation sites (tertiary alicyclic amines) is 1. The highest BCUT2D eigenvalue weighted by Gasteiger charge is 2.36. The Morgan fingerprint density at radius 1 is 1.39 bits per heavy atom. The van der Waals surface area contributed by atoms with Crippen molar-refractivity contribution in [3.63, 3.8) is 0 Å². The lowest BCUT2D eigenvalue weighted by atomic mass is 9.99. The molecule has 2 fully saturated rings. The first-order valence-corrected chi connectivity index (χ1v) is 6.93. The lowest BCUT2D eigenvalue weighted by Gasteiger charge is -2.40. The minimum atomic E-state index is -0.275. The lowest BCUT2D eigenvalue weighted by Crippen LogP contribution is -2.51. The van der Waals surface area contributed by atoms with Gasteiger partial charge in [-0.1, -0.05) is 6.42 Å². The molecule has 0 saturated carbocycles. The summed E-state index contributed by atoms with van der Waals surface area (Å²) < 4.78 is 5.01. The Labute approximate surface area is 109 Å². The monoisotopic (exact) mass is 256 g/mol. The van der Waals surface area contributed by atoms with Crippen LogP contribution < -0.4 is 0 Å². The van der Waals surface area contributed by atoms with Crippen LogP contribution in [0.25, 0.3) is 0 Å². The maximum Gasteiger partial charge on any atom is 0.410 e. The topological polar surface area (TPSA) is 53.0 Å². The lowest BCUT2D eigenvalue weighted by molar-refractivity contribution is 0.0731. The second kappa shape index (κ2) is 5.89. The van der Waals surface area contributed by atoms with Crippen molar-refractivity contribution in [1.82, 2.24) is 9.80 Å². The van der Waals surface area contributed by atoms with Gasteiger partial charge in [-0.15, -0.1) is 0 Å². The van der Waals surface area contributed by atoms with Crippen molar-refractivity contribution >= 4 is 6.09 Å². The molecular formula is C13H24N2O3. The van der Waals surface area contributed by atoms with E-state index in [4.69, 9.17) is 4.74 Å². The Morgan fingerprint density at radius 2 is 2.17 bits per heavy atom. The quantitative estimate of drug-likeness (QED) is 0.817. The van der Waals surface area contributed by atoms with Gasteiger partial charge in [0.25, 0.3) is 0 Å². The van der Waals surface area contributed by atoms with Crippen molar-refractivity contribution in [1.29, 1.82) is 0 Å². The molecule has 2 heterocycles. The van der Waals surface area contributed by atoms with Gasteiger partial charge in [-0.25, -0.2) is 4.79 Å². The summed E-state index contributed by atoms with van der Waals surface area (Å²) in [5, 5.41) is 9.27. The maximum atomic E-state index is 11.7. The minimum Gasteiger partial charge on any atom is -0.447 e. The van der Waals surface area contributed by atoms with Crippen LogP contribution in [0.2, 0.25) is 0 Å². The number of amides is 1. The smallest absolute Gasteiger partial charge is 0.410 e. The van der Waals surface area contributed by atoms with Gasteiger partial charge in [0.05, 0.1) is 12.6 Å². The molecule has 1 amide bonds. The van der Waals surface area contributed by atoms with Crippen LogP contribution in [0.5, 0.6) is 0 Å². The molecule has 0 aromatic rings. The van der Waals surface area contributed by atoms with E-state index >= 15 is 0 Å². The van der Waals surface area contributed by atoms with E-state index < -0.39 is 0 Å². The number of nitrogens with zero attached hydrogens (tertiary/aromatic N) is 2. The average molecular weight is 256 g/mol. The second-order valence-electron chi connectivity index (χ2n) is 5.55. The summed E-state index contributed by atoms with van der Waals surface area (Å²) in [7, 11) is 0. The van der Waals surface area contributed by atoms with Gasteiger partial charge in [-0.3, -0.25) is 9.80 Å². The molecule has 0 aliphatic carbocycles. The summed E-state index contributed by atoms with van der Waals surface area (Å²) in [4.78, 5) is 15.8. The van der Waals surface area contributed by atoms with Crippen molar-refractivity contribution in [3.05, 3.63) is 0 Å². The zero-order valence-corrected chi connectivity index (χ0v) is 11.3. The van der Waals surface area contributed by atoms with Crippen molar-refractivity contribution in [2.45, 2.75) is 51.2 Å². The molecular weight excluding hydrogens is 232 g/mol. The molecule has 18 heavy (non-hydrogen) atoms. The highest BCUT2D eigenvalue weighted by atomic mass is 16.6. The Bertz CT molecular complexity index is 296. The summed E-state index contributed by atoms with van der Waals surface area (Å²) in [5.74, 6) is 0. The van der Waals surface area contributed by atoms with E-state index in [1.807, 2.05) is 0 Å². The predicted octanol–water partition coefficient (Wildman–Crippen LogP) is 1.06. The fraction of sp³-hybridized carbons (Fsp3) is 0.923. The second-order valence-corrected chi connectivity index (χ2v) is 5.55. The highest BCUT2D eigenvalue weighted by Crippen LogP contribution is 2.23. The van der Waals surface area contributed by atoms with E-state index in [1.165, 1.54) is 12.8 Å². The zero-order chi connectivity index (χ0) is 13.1. The van der Waals surface area contributed by atoms with Crippen LogP contribution in [-0.4, -0.2) is 65.4 Å². The van der Waals surface area contributed by atoms with Gasteiger partial charge in [0.2, 0.25) is 0 Å². The SMILES string of the molecule is CC(C)N1CCCCC1CN1C(=O)OCC1CO. The first kappa shape index (κ1) is 13.6. The van der Waals surface area contributed by atoms with Crippen LogP contribution in [0.1, 0.15) is 33.1 Å². The van der Waals surface area contributed by atoms with Gasteiger partial charge in [0.15, 0.2) is 0 Å². The first-order chi connectivity index (χ1) is 8.63. The number of ether oxygens (including phenoxy) is 1. The van der Waals surface area contributed by atoms with E-state index in [1.54, 1.807) is 4.90 Å².